The van der Waals surface area contributed by atoms with E-state index in [1.54, 1.807) is 0 Å². The Balaban J connectivity index is 1.93. The van der Waals surface area contributed by atoms with E-state index in [1.807, 2.05) is 13.0 Å². The molecule has 2 aliphatic rings. The topological polar surface area (TPSA) is 38.7 Å². The SMILES string of the molecule is C=CCC[C@@](C)(O)[C@H]1COC2(CCCCC2)O1. The van der Waals surface area contributed by atoms with Crippen LogP contribution < -0.4 is 0 Å². The summed E-state index contributed by atoms with van der Waals surface area (Å²) in [4.78, 5) is 0. The standard InChI is InChI=1S/C14H24O3/c1-3-4-8-13(2,15)12-11-16-14(17-12)9-6-5-7-10-14/h3,12,15H,1,4-11H2,2H3/t12-,13-/m1/s1. The van der Waals surface area contributed by atoms with Gasteiger partial charge in [0.2, 0.25) is 0 Å². The van der Waals surface area contributed by atoms with Gasteiger partial charge in [0.05, 0.1) is 12.2 Å². The molecule has 0 aromatic carbocycles. The van der Waals surface area contributed by atoms with Gasteiger partial charge in [0.15, 0.2) is 5.79 Å². The predicted molar refractivity (Wildman–Crippen MR) is 66.7 cm³/mol. The molecule has 1 saturated heterocycles. The minimum absolute atomic E-state index is 0.194. The Hall–Kier alpha value is -0.380. The summed E-state index contributed by atoms with van der Waals surface area (Å²) in [6.45, 7) is 6.05. The first kappa shape index (κ1) is 13.1. The highest BCUT2D eigenvalue weighted by molar-refractivity contribution is 4.92. The quantitative estimate of drug-likeness (QED) is 0.768. The van der Waals surface area contributed by atoms with Gasteiger partial charge in [0, 0.05) is 12.8 Å². The number of ether oxygens (including phenoxy) is 2. The van der Waals surface area contributed by atoms with E-state index in [-0.39, 0.29) is 11.9 Å². The Kier molecular flexibility index (Phi) is 3.91. The van der Waals surface area contributed by atoms with Crippen LogP contribution in [0.2, 0.25) is 0 Å². The van der Waals surface area contributed by atoms with E-state index in [4.69, 9.17) is 9.47 Å². The number of hydrogen-bond donors (Lipinski definition) is 1. The third-order valence-electron chi connectivity index (χ3n) is 4.02. The summed E-state index contributed by atoms with van der Waals surface area (Å²) in [5.74, 6) is -0.388. The maximum absolute atomic E-state index is 10.4. The molecule has 0 radical (unpaired) electrons. The van der Waals surface area contributed by atoms with E-state index in [9.17, 15) is 5.11 Å². The van der Waals surface area contributed by atoms with Crippen LogP contribution in [0.15, 0.2) is 12.7 Å². The molecule has 1 saturated carbocycles. The molecule has 0 aromatic rings. The Labute approximate surface area is 104 Å². The van der Waals surface area contributed by atoms with E-state index in [0.29, 0.717) is 13.0 Å². The summed E-state index contributed by atoms with van der Waals surface area (Å²) >= 11 is 0. The summed E-state index contributed by atoms with van der Waals surface area (Å²) < 4.78 is 11.9. The highest BCUT2D eigenvalue weighted by Crippen LogP contribution is 2.40. The number of allylic oxidation sites excluding steroid dienone is 1. The molecule has 0 unspecified atom stereocenters. The van der Waals surface area contributed by atoms with E-state index >= 15 is 0 Å². The highest BCUT2D eigenvalue weighted by atomic mass is 16.7. The zero-order chi connectivity index (χ0) is 12.4. The average Bonchev–Trinajstić information content (AvgIpc) is 2.72. The Morgan fingerprint density at radius 1 is 1.41 bits per heavy atom. The molecule has 3 heteroatoms. The second-order valence-electron chi connectivity index (χ2n) is 5.57. The molecular formula is C14H24O3. The molecule has 1 heterocycles. The number of aliphatic hydroxyl groups is 1. The van der Waals surface area contributed by atoms with Crippen molar-refractivity contribution in [2.75, 3.05) is 6.61 Å². The first-order valence-corrected chi connectivity index (χ1v) is 6.73. The fourth-order valence-electron chi connectivity index (χ4n) is 2.77. The third-order valence-corrected chi connectivity index (χ3v) is 4.02. The maximum Gasteiger partial charge on any atom is 0.169 e. The van der Waals surface area contributed by atoms with Gasteiger partial charge in [0.1, 0.15) is 6.10 Å². The molecule has 2 fully saturated rings. The van der Waals surface area contributed by atoms with Crippen molar-refractivity contribution in [2.24, 2.45) is 0 Å². The van der Waals surface area contributed by atoms with Crippen LogP contribution in [0.1, 0.15) is 51.9 Å². The van der Waals surface area contributed by atoms with Gasteiger partial charge in [0.25, 0.3) is 0 Å². The summed E-state index contributed by atoms with van der Waals surface area (Å²) in [6, 6.07) is 0. The predicted octanol–water partition coefficient (Wildman–Crippen LogP) is 2.78. The molecule has 1 aliphatic carbocycles. The van der Waals surface area contributed by atoms with Crippen molar-refractivity contribution in [3.8, 4) is 0 Å². The fourth-order valence-corrected chi connectivity index (χ4v) is 2.77. The Morgan fingerprint density at radius 2 is 2.12 bits per heavy atom. The zero-order valence-electron chi connectivity index (χ0n) is 10.8. The molecule has 1 spiro atoms. The van der Waals surface area contributed by atoms with Gasteiger partial charge < -0.3 is 14.6 Å². The van der Waals surface area contributed by atoms with Gasteiger partial charge in [-0.15, -0.1) is 6.58 Å². The second kappa shape index (κ2) is 5.09. The first-order chi connectivity index (χ1) is 8.08. The lowest BCUT2D eigenvalue weighted by atomic mass is 9.92. The van der Waals surface area contributed by atoms with E-state index in [0.717, 1.165) is 19.3 Å². The van der Waals surface area contributed by atoms with Gasteiger partial charge in [-0.2, -0.15) is 0 Å². The molecule has 98 valence electrons. The fraction of sp³-hybridized carbons (Fsp3) is 0.857. The number of hydrogen-bond acceptors (Lipinski definition) is 3. The van der Waals surface area contributed by atoms with Crippen LogP contribution in [0.25, 0.3) is 0 Å². The largest absolute Gasteiger partial charge is 0.387 e. The van der Waals surface area contributed by atoms with Crippen molar-refractivity contribution >= 4 is 0 Å². The highest BCUT2D eigenvalue weighted by Gasteiger charge is 2.47. The minimum atomic E-state index is -0.810. The van der Waals surface area contributed by atoms with E-state index in [1.165, 1.54) is 19.3 Å². The van der Waals surface area contributed by atoms with Gasteiger partial charge in [-0.3, -0.25) is 0 Å². The van der Waals surface area contributed by atoms with Crippen molar-refractivity contribution in [1.29, 1.82) is 0 Å². The van der Waals surface area contributed by atoms with Crippen LogP contribution >= 0.6 is 0 Å². The molecule has 2 rings (SSSR count). The molecule has 0 bridgehead atoms. The Bertz CT molecular complexity index is 267. The first-order valence-electron chi connectivity index (χ1n) is 6.73. The van der Waals surface area contributed by atoms with Crippen molar-refractivity contribution in [2.45, 2.75) is 69.4 Å². The van der Waals surface area contributed by atoms with Crippen molar-refractivity contribution < 1.29 is 14.6 Å². The van der Waals surface area contributed by atoms with Crippen molar-refractivity contribution in [3.05, 3.63) is 12.7 Å². The smallest absolute Gasteiger partial charge is 0.169 e. The van der Waals surface area contributed by atoms with Crippen molar-refractivity contribution in [1.82, 2.24) is 0 Å². The average molecular weight is 240 g/mol. The molecule has 1 N–H and O–H groups in total. The van der Waals surface area contributed by atoms with Crippen LogP contribution in [0, 0.1) is 0 Å². The molecule has 1 aliphatic heterocycles. The van der Waals surface area contributed by atoms with Gasteiger partial charge in [-0.1, -0.05) is 12.5 Å². The van der Waals surface area contributed by atoms with Crippen LogP contribution in [-0.2, 0) is 9.47 Å². The second-order valence-corrected chi connectivity index (χ2v) is 5.57. The summed E-state index contributed by atoms with van der Waals surface area (Å²) in [7, 11) is 0. The van der Waals surface area contributed by atoms with Gasteiger partial charge in [-0.05, 0) is 32.6 Å². The molecule has 2 atom stereocenters. The van der Waals surface area contributed by atoms with Crippen LogP contribution in [-0.4, -0.2) is 29.2 Å². The van der Waals surface area contributed by atoms with Crippen molar-refractivity contribution in [3.63, 3.8) is 0 Å². The molecule has 17 heavy (non-hydrogen) atoms. The molecular weight excluding hydrogens is 216 g/mol. The summed E-state index contributed by atoms with van der Waals surface area (Å²) in [5.41, 5.74) is -0.810. The maximum atomic E-state index is 10.4. The minimum Gasteiger partial charge on any atom is -0.387 e. The molecule has 0 aromatic heterocycles. The molecule has 3 nitrogen and oxygen atoms in total. The van der Waals surface area contributed by atoms with E-state index in [2.05, 4.69) is 6.58 Å². The normalized spacial score (nSPS) is 31.3. The monoisotopic (exact) mass is 240 g/mol. The Morgan fingerprint density at radius 3 is 2.76 bits per heavy atom. The lowest BCUT2D eigenvalue weighted by Crippen LogP contribution is -2.43. The van der Waals surface area contributed by atoms with Crippen LogP contribution in [0.5, 0.6) is 0 Å². The van der Waals surface area contributed by atoms with E-state index < -0.39 is 5.60 Å². The molecule has 0 amide bonds. The summed E-state index contributed by atoms with van der Waals surface area (Å²) in [5, 5.41) is 10.4. The van der Waals surface area contributed by atoms with Gasteiger partial charge >= 0.3 is 0 Å². The zero-order valence-corrected chi connectivity index (χ0v) is 10.8. The lowest BCUT2D eigenvalue weighted by molar-refractivity contribution is -0.206. The lowest BCUT2D eigenvalue weighted by Gasteiger charge is -2.34. The van der Waals surface area contributed by atoms with Gasteiger partial charge in [-0.25, -0.2) is 0 Å². The van der Waals surface area contributed by atoms with Crippen LogP contribution in [0.3, 0.4) is 0 Å². The summed E-state index contributed by atoms with van der Waals surface area (Å²) in [6.07, 6.45) is 8.68. The third kappa shape index (κ3) is 2.90. The van der Waals surface area contributed by atoms with Crippen LogP contribution in [0.4, 0.5) is 0 Å². The number of rotatable bonds is 4.